The third kappa shape index (κ3) is 4.78. The van der Waals surface area contributed by atoms with Crippen molar-refractivity contribution in [3.8, 4) is 33.4 Å². The van der Waals surface area contributed by atoms with Crippen molar-refractivity contribution in [1.29, 1.82) is 0 Å². The number of benzene rings is 7. The highest BCUT2D eigenvalue weighted by Crippen LogP contribution is 2.50. The van der Waals surface area contributed by atoms with Gasteiger partial charge in [-0.15, -0.1) is 0 Å². The predicted octanol–water partition coefficient (Wildman–Crippen LogP) is 13.1. The lowest BCUT2D eigenvalue weighted by molar-refractivity contribution is 0.496. The van der Waals surface area contributed by atoms with Crippen LogP contribution in [0.1, 0.15) is 22.8 Å². The quantitative estimate of drug-likeness (QED) is 0.190. The lowest BCUT2D eigenvalue weighted by Gasteiger charge is -2.30. The molecule has 0 radical (unpaired) electrons. The molecule has 0 N–H and O–H groups in total. The number of furan rings is 1. The summed E-state index contributed by atoms with van der Waals surface area (Å²) in [4.78, 5) is 0. The number of rotatable bonds is 4. The van der Waals surface area contributed by atoms with E-state index in [1.54, 1.807) is 0 Å². The minimum absolute atomic E-state index is 0.126. The molecule has 1 aromatic heterocycles. The van der Waals surface area contributed by atoms with E-state index in [1.807, 2.05) is 0 Å². The molecule has 0 aliphatic heterocycles. The molecule has 2 unspecified atom stereocenters. The summed E-state index contributed by atoms with van der Waals surface area (Å²) < 4.78 is 6.74. The molecule has 230 valence electrons. The smallest absolute Gasteiger partial charge is 0.135 e. The molecule has 1 heterocycles. The number of hydrogen-bond donors (Lipinski definition) is 0. The second-order valence-corrected chi connectivity index (χ2v) is 13.3. The van der Waals surface area contributed by atoms with Gasteiger partial charge in [-0.25, -0.2) is 0 Å². The van der Waals surface area contributed by atoms with Gasteiger partial charge in [0.2, 0.25) is 0 Å². The Hall–Kier alpha value is -6.18. The Labute approximate surface area is 285 Å². The highest BCUT2D eigenvalue weighted by molar-refractivity contribution is 6.00. The average molecular weight is 625 g/mol. The van der Waals surface area contributed by atoms with E-state index in [0.717, 1.165) is 16.7 Å². The maximum atomic E-state index is 6.74. The van der Waals surface area contributed by atoms with Crippen LogP contribution >= 0.6 is 0 Å². The molecule has 0 saturated carbocycles. The van der Waals surface area contributed by atoms with Crippen molar-refractivity contribution in [2.24, 2.45) is 5.92 Å². The summed E-state index contributed by atoms with van der Waals surface area (Å²) in [6.07, 6.45) is 11.4. The summed E-state index contributed by atoms with van der Waals surface area (Å²) in [6.45, 7) is 0. The Balaban J connectivity index is 1.18. The van der Waals surface area contributed by atoms with E-state index in [4.69, 9.17) is 4.42 Å². The van der Waals surface area contributed by atoms with Crippen LogP contribution in [0.15, 0.2) is 180 Å². The zero-order valence-corrected chi connectivity index (χ0v) is 26.9. The second kappa shape index (κ2) is 11.2. The second-order valence-electron chi connectivity index (χ2n) is 13.3. The summed E-state index contributed by atoms with van der Waals surface area (Å²) in [5, 5.41) is 6.17. The maximum absolute atomic E-state index is 6.74. The third-order valence-corrected chi connectivity index (χ3v) is 10.4. The molecule has 10 rings (SSSR count). The van der Waals surface area contributed by atoms with Crippen molar-refractivity contribution in [3.63, 3.8) is 0 Å². The molecule has 0 fully saturated rings. The van der Waals surface area contributed by atoms with E-state index in [0.29, 0.717) is 0 Å². The first kappa shape index (κ1) is 27.9. The number of hydrogen-bond acceptors (Lipinski definition) is 1. The Kier molecular flexibility index (Phi) is 6.38. The fourth-order valence-electron chi connectivity index (χ4n) is 7.89. The molecule has 1 nitrogen and oxygen atoms in total. The largest absolute Gasteiger partial charge is 0.460 e. The van der Waals surface area contributed by atoms with E-state index in [-0.39, 0.29) is 11.8 Å². The van der Waals surface area contributed by atoms with Crippen LogP contribution in [0.5, 0.6) is 0 Å². The Morgan fingerprint density at radius 3 is 1.61 bits per heavy atom. The summed E-state index contributed by atoms with van der Waals surface area (Å²) >= 11 is 0. The monoisotopic (exact) mass is 624 g/mol. The van der Waals surface area contributed by atoms with E-state index in [2.05, 4.69) is 182 Å². The van der Waals surface area contributed by atoms with Gasteiger partial charge in [0.1, 0.15) is 11.3 Å². The van der Waals surface area contributed by atoms with Crippen molar-refractivity contribution in [1.82, 2.24) is 0 Å². The van der Waals surface area contributed by atoms with E-state index in [9.17, 15) is 0 Å². The molecule has 2 aliphatic rings. The predicted molar refractivity (Wildman–Crippen MR) is 206 cm³/mol. The van der Waals surface area contributed by atoms with Gasteiger partial charge in [0.05, 0.1) is 0 Å². The van der Waals surface area contributed by atoms with Crippen LogP contribution in [-0.2, 0) is 0 Å². The molecule has 0 bridgehead atoms. The Morgan fingerprint density at radius 2 is 0.939 bits per heavy atom. The lowest BCUT2D eigenvalue weighted by Crippen LogP contribution is -2.17. The summed E-state index contributed by atoms with van der Waals surface area (Å²) in [5.74, 6) is 1.35. The highest BCUT2D eigenvalue weighted by atomic mass is 16.3. The molecule has 8 aromatic rings. The van der Waals surface area contributed by atoms with Crippen LogP contribution in [0.25, 0.3) is 77.5 Å². The Bertz CT molecular complexity index is 2570. The van der Waals surface area contributed by atoms with E-state index < -0.39 is 0 Å². The van der Waals surface area contributed by atoms with Crippen LogP contribution in [-0.4, -0.2) is 0 Å². The number of allylic oxidation sites excluding steroid dienone is 5. The van der Waals surface area contributed by atoms with Crippen LogP contribution in [0.4, 0.5) is 0 Å². The van der Waals surface area contributed by atoms with E-state index in [1.165, 1.54) is 71.6 Å². The molecule has 1 heteroatoms. The molecular weight excluding hydrogens is 593 g/mol. The van der Waals surface area contributed by atoms with Crippen LogP contribution in [0.2, 0.25) is 0 Å². The van der Waals surface area contributed by atoms with Crippen molar-refractivity contribution in [2.45, 2.75) is 5.92 Å². The molecule has 0 saturated heterocycles. The van der Waals surface area contributed by atoms with E-state index >= 15 is 0 Å². The van der Waals surface area contributed by atoms with Gasteiger partial charge in [-0.1, -0.05) is 133 Å². The third-order valence-electron chi connectivity index (χ3n) is 10.4. The van der Waals surface area contributed by atoms with Crippen molar-refractivity contribution in [3.05, 3.63) is 193 Å². The molecular formula is C48H32O. The fourth-order valence-corrected chi connectivity index (χ4v) is 7.89. The summed E-state index contributed by atoms with van der Waals surface area (Å²) in [7, 11) is 0. The fraction of sp³-hybridized carbons (Fsp3) is 0.0417. The van der Waals surface area contributed by atoms with Crippen LogP contribution in [0.3, 0.4) is 0 Å². The first-order valence-corrected chi connectivity index (χ1v) is 17.1. The first-order valence-electron chi connectivity index (χ1n) is 17.1. The molecule has 2 aliphatic carbocycles. The molecule has 49 heavy (non-hydrogen) atoms. The topological polar surface area (TPSA) is 13.1 Å². The van der Waals surface area contributed by atoms with Gasteiger partial charge in [-0.3, -0.25) is 0 Å². The van der Waals surface area contributed by atoms with Gasteiger partial charge in [-0.05, 0) is 115 Å². The maximum Gasteiger partial charge on any atom is 0.135 e. The average Bonchev–Trinajstić information content (AvgIpc) is 3.55. The summed E-state index contributed by atoms with van der Waals surface area (Å²) in [6, 6.07) is 55.2. The molecule has 0 amide bonds. The van der Waals surface area contributed by atoms with Crippen molar-refractivity contribution < 1.29 is 4.42 Å². The summed E-state index contributed by atoms with van der Waals surface area (Å²) in [5.41, 5.74) is 11.9. The van der Waals surface area contributed by atoms with Crippen molar-refractivity contribution in [2.75, 3.05) is 0 Å². The molecule has 2 atom stereocenters. The standard InChI is InChI=1S/C48H32O/c1-2-10-31(11-3-1)38-22-23-43-46-30-45(42-16-8-9-17-44(42)48(46)49-47(43)29-38)41-27-39(36-20-18-32-12-4-6-14-34(32)24-36)26-40(28-41)37-21-19-33-13-5-7-15-35(33)25-37/h1-30,42,44H. The van der Waals surface area contributed by atoms with Gasteiger partial charge >= 0.3 is 0 Å². The SMILES string of the molecule is C1=CC2C(c3cc(-c4ccc5ccccc5c4)cc(-c4ccc5ccccc5c4)c3)=Cc3c(oc4cc(-c5ccccc5)ccc34)C2C=C1. The van der Waals surface area contributed by atoms with Gasteiger partial charge in [-0.2, -0.15) is 0 Å². The lowest BCUT2D eigenvalue weighted by atomic mass is 9.73. The molecule has 0 spiro atoms. The first-order chi connectivity index (χ1) is 24.2. The van der Waals surface area contributed by atoms with Gasteiger partial charge in [0, 0.05) is 22.8 Å². The minimum Gasteiger partial charge on any atom is -0.460 e. The molecule has 7 aromatic carbocycles. The Morgan fingerprint density at radius 1 is 0.388 bits per heavy atom. The number of fused-ring (bicyclic) bond motifs is 7. The van der Waals surface area contributed by atoms with Crippen molar-refractivity contribution >= 4 is 44.2 Å². The van der Waals surface area contributed by atoms with Gasteiger partial charge < -0.3 is 4.42 Å². The van der Waals surface area contributed by atoms with Gasteiger partial charge in [0.25, 0.3) is 0 Å². The zero-order valence-electron chi connectivity index (χ0n) is 26.9. The normalized spacial score (nSPS) is 16.5. The van der Waals surface area contributed by atoms with Crippen LogP contribution in [0, 0.1) is 5.92 Å². The highest BCUT2D eigenvalue weighted by Gasteiger charge is 2.34. The minimum atomic E-state index is 0.126. The van der Waals surface area contributed by atoms with Crippen LogP contribution < -0.4 is 0 Å². The van der Waals surface area contributed by atoms with Gasteiger partial charge in [0.15, 0.2) is 0 Å². The zero-order chi connectivity index (χ0) is 32.3.